The molecule has 1 aromatic rings. The first-order valence-corrected chi connectivity index (χ1v) is 6.68. The minimum atomic E-state index is 0.241. The average molecular weight is 246 g/mol. The molecule has 0 spiro atoms. The molecule has 0 saturated heterocycles. The molecule has 2 heteroatoms. The standard InChI is InChI=1S/C16H22O2/c1-12-5-4-7-16(2,3)15(12)10-14(17)9-13-6-8-18-11-13/h5-6,8,11,15H,4,7,9-10H2,1-3H3. The Morgan fingerprint density at radius 2 is 2.28 bits per heavy atom. The highest BCUT2D eigenvalue weighted by Gasteiger charge is 2.33. The predicted octanol–water partition coefficient (Wildman–Crippen LogP) is 4.16. The molecule has 1 heterocycles. The average Bonchev–Trinajstić information content (AvgIpc) is 2.76. The topological polar surface area (TPSA) is 30.2 Å². The molecular formula is C16H22O2. The van der Waals surface area contributed by atoms with Gasteiger partial charge in [-0.1, -0.05) is 25.5 Å². The summed E-state index contributed by atoms with van der Waals surface area (Å²) < 4.78 is 5.00. The molecule has 0 N–H and O–H groups in total. The minimum absolute atomic E-state index is 0.241. The van der Waals surface area contributed by atoms with Crippen LogP contribution in [0, 0.1) is 11.3 Å². The number of carbonyl (C=O) groups is 1. The van der Waals surface area contributed by atoms with Crippen LogP contribution in [0.15, 0.2) is 34.7 Å². The molecule has 98 valence electrons. The second-order valence-corrected chi connectivity index (χ2v) is 6.08. The highest BCUT2D eigenvalue weighted by Crippen LogP contribution is 2.42. The van der Waals surface area contributed by atoms with Crippen molar-refractivity contribution in [3.63, 3.8) is 0 Å². The van der Waals surface area contributed by atoms with Crippen molar-refractivity contribution in [3.8, 4) is 0 Å². The van der Waals surface area contributed by atoms with Gasteiger partial charge >= 0.3 is 0 Å². The van der Waals surface area contributed by atoms with Gasteiger partial charge in [-0.05, 0) is 42.7 Å². The number of carbonyl (C=O) groups excluding carboxylic acids is 1. The van der Waals surface area contributed by atoms with Gasteiger partial charge in [0.25, 0.3) is 0 Å². The maximum atomic E-state index is 12.1. The first-order chi connectivity index (χ1) is 8.49. The van der Waals surface area contributed by atoms with Crippen LogP contribution in [0.1, 0.15) is 45.6 Å². The van der Waals surface area contributed by atoms with E-state index < -0.39 is 0 Å². The molecule has 1 unspecified atom stereocenters. The van der Waals surface area contributed by atoms with Gasteiger partial charge in [-0.25, -0.2) is 0 Å². The fraction of sp³-hybridized carbons (Fsp3) is 0.562. The number of allylic oxidation sites excluding steroid dienone is 2. The number of hydrogen-bond acceptors (Lipinski definition) is 2. The molecule has 1 aliphatic carbocycles. The van der Waals surface area contributed by atoms with E-state index in [1.165, 1.54) is 12.0 Å². The summed E-state index contributed by atoms with van der Waals surface area (Å²) in [5.74, 6) is 0.703. The number of hydrogen-bond donors (Lipinski definition) is 0. The van der Waals surface area contributed by atoms with Gasteiger partial charge in [-0.3, -0.25) is 4.79 Å². The third kappa shape index (κ3) is 2.92. The molecule has 0 aliphatic heterocycles. The lowest BCUT2D eigenvalue weighted by atomic mass is 9.66. The Balaban J connectivity index is 2.01. The number of rotatable bonds is 4. The zero-order valence-corrected chi connectivity index (χ0v) is 11.5. The van der Waals surface area contributed by atoms with Crippen LogP contribution in [0.4, 0.5) is 0 Å². The summed E-state index contributed by atoms with van der Waals surface area (Å²) in [5.41, 5.74) is 2.60. The van der Waals surface area contributed by atoms with Gasteiger partial charge in [0.2, 0.25) is 0 Å². The Morgan fingerprint density at radius 3 is 2.89 bits per heavy atom. The summed E-state index contributed by atoms with van der Waals surface area (Å²) >= 11 is 0. The van der Waals surface area contributed by atoms with Crippen molar-refractivity contribution in [1.29, 1.82) is 0 Å². The van der Waals surface area contributed by atoms with Crippen LogP contribution in [-0.2, 0) is 11.2 Å². The van der Waals surface area contributed by atoms with Crippen molar-refractivity contribution >= 4 is 5.78 Å². The zero-order valence-electron chi connectivity index (χ0n) is 11.5. The van der Waals surface area contributed by atoms with E-state index in [-0.39, 0.29) is 5.41 Å². The predicted molar refractivity (Wildman–Crippen MR) is 72.3 cm³/mol. The Hall–Kier alpha value is -1.31. The third-order valence-electron chi connectivity index (χ3n) is 4.16. The van der Waals surface area contributed by atoms with Gasteiger partial charge in [0.05, 0.1) is 12.5 Å². The Kier molecular flexibility index (Phi) is 3.74. The van der Waals surface area contributed by atoms with Gasteiger partial charge in [-0.15, -0.1) is 0 Å². The normalized spacial score (nSPS) is 22.6. The number of furan rings is 1. The molecule has 2 rings (SSSR count). The molecule has 0 saturated carbocycles. The van der Waals surface area contributed by atoms with Crippen molar-refractivity contribution in [2.45, 2.75) is 46.5 Å². The van der Waals surface area contributed by atoms with E-state index in [2.05, 4.69) is 26.8 Å². The first kappa shape index (κ1) is 13.1. The SMILES string of the molecule is CC1=CCCC(C)(C)C1CC(=O)Cc1ccoc1. The second-order valence-electron chi connectivity index (χ2n) is 6.08. The summed E-state index contributed by atoms with van der Waals surface area (Å²) in [6, 6.07) is 1.87. The molecule has 0 fully saturated rings. The highest BCUT2D eigenvalue weighted by atomic mass is 16.3. The van der Waals surface area contributed by atoms with Gasteiger partial charge in [-0.2, -0.15) is 0 Å². The largest absolute Gasteiger partial charge is 0.472 e. The van der Waals surface area contributed by atoms with Crippen molar-refractivity contribution in [1.82, 2.24) is 0 Å². The van der Waals surface area contributed by atoms with Gasteiger partial charge < -0.3 is 4.42 Å². The van der Waals surface area contributed by atoms with Crippen LogP contribution in [0.3, 0.4) is 0 Å². The lowest BCUT2D eigenvalue weighted by Crippen LogP contribution is -2.30. The van der Waals surface area contributed by atoms with Crippen LogP contribution in [0.5, 0.6) is 0 Å². The quantitative estimate of drug-likeness (QED) is 0.747. The van der Waals surface area contributed by atoms with E-state index >= 15 is 0 Å². The molecule has 1 aliphatic rings. The summed E-state index contributed by atoms with van der Waals surface area (Å²) in [5, 5.41) is 0. The van der Waals surface area contributed by atoms with E-state index in [0.717, 1.165) is 12.0 Å². The summed E-state index contributed by atoms with van der Waals surface area (Å²) in [7, 11) is 0. The van der Waals surface area contributed by atoms with E-state index in [1.807, 2.05) is 6.07 Å². The number of ketones is 1. The molecule has 2 nitrogen and oxygen atoms in total. The lowest BCUT2D eigenvalue weighted by Gasteiger charge is -2.38. The minimum Gasteiger partial charge on any atom is -0.472 e. The van der Waals surface area contributed by atoms with Crippen LogP contribution >= 0.6 is 0 Å². The molecule has 0 aromatic carbocycles. The monoisotopic (exact) mass is 246 g/mol. The van der Waals surface area contributed by atoms with Crippen LogP contribution in [0.25, 0.3) is 0 Å². The van der Waals surface area contributed by atoms with E-state index in [0.29, 0.717) is 24.5 Å². The molecular weight excluding hydrogens is 224 g/mol. The maximum Gasteiger partial charge on any atom is 0.138 e. The summed E-state index contributed by atoms with van der Waals surface area (Å²) in [6.45, 7) is 6.72. The van der Waals surface area contributed by atoms with Gasteiger partial charge in [0.15, 0.2) is 0 Å². The van der Waals surface area contributed by atoms with Crippen molar-refractivity contribution < 1.29 is 9.21 Å². The molecule has 1 aromatic heterocycles. The Bertz CT molecular complexity index is 438. The fourth-order valence-electron chi connectivity index (χ4n) is 2.96. The maximum absolute atomic E-state index is 12.1. The van der Waals surface area contributed by atoms with Gasteiger partial charge in [0, 0.05) is 12.8 Å². The fourth-order valence-corrected chi connectivity index (χ4v) is 2.96. The smallest absolute Gasteiger partial charge is 0.138 e. The van der Waals surface area contributed by atoms with Crippen molar-refractivity contribution in [2.75, 3.05) is 0 Å². The Labute approximate surface area is 109 Å². The zero-order chi connectivity index (χ0) is 13.2. The molecule has 0 radical (unpaired) electrons. The van der Waals surface area contributed by atoms with Gasteiger partial charge in [0.1, 0.15) is 5.78 Å². The summed E-state index contributed by atoms with van der Waals surface area (Å²) in [4.78, 5) is 12.1. The molecule has 1 atom stereocenters. The van der Waals surface area contributed by atoms with E-state index in [1.54, 1.807) is 12.5 Å². The Morgan fingerprint density at radius 1 is 1.50 bits per heavy atom. The highest BCUT2D eigenvalue weighted by molar-refractivity contribution is 5.81. The molecule has 0 bridgehead atoms. The van der Waals surface area contributed by atoms with E-state index in [9.17, 15) is 4.79 Å². The lowest BCUT2D eigenvalue weighted by molar-refractivity contribution is -0.120. The van der Waals surface area contributed by atoms with Crippen molar-refractivity contribution in [3.05, 3.63) is 35.8 Å². The molecule has 0 amide bonds. The molecule has 18 heavy (non-hydrogen) atoms. The second kappa shape index (κ2) is 5.13. The summed E-state index contributed by atoms with van der Waals surface area (Å²) in [6.07, 6.45) is 9.04. The van der Waals surface area contributed by atoms with Crippen molar-refractivity contribution in [2.24, 2.45) is 11.3 Å². The van der Waals surface area contributed by atoms with E-state index in [4.69, 9.17) is 4.42 Å². The van der Waals surface area contributed by atoms with Crippen LogP contribution in [0.2, 0.25) is 0 Å². The van der Waals surface area contributed by atoms with Crippen LogP contribution in [-0.4, -0.2) is 5.78 Å². The van der Waals surface area contributed by atoms with Crippen LogP contribution < -0.4 is 0 Å². The number of Topliss-reactive ketones (excluding diaryl/α,β-unsaturated/α-hetero) is 1. The third-order valence-corrected chi connectivity index (χ3v) is 4.16. The first-order valence-electron chi connectivity index (χ1n) is 6.68.